The lowest BCUT2D eigenvalue weighted by molar-refractivity contribution is -0.137. The second kappa shape index (κ2) is 9.82. The zero-order valence-electron chi connectivity index (χ0n) is 18.0. The van der Waals surface area contributed by atoms with Gasteiger partial charge >= 0.3 is 11.9 Å². The molecule has 1 amide bonds. The summed E-state index contributed by atoms with van der Waals surface area (Å²) in [5.41, 5.74) is 2.56. The van der Waals surface area contributed by atoms with Crippen molar-refractivity contribution in [3.63, 3.8) is 0 Å². The highest BCUT2D eigenvalue weighted by atomic mass is 16.5. The van der Waals surface area contributed by atoms with Crippen LogP contribution in [-0.4, -0.2) is 41.2 Å². The number of esters is 2. The summed E-state index contributed by atoms with van der Waals surface area (Å²) in [6.07, 6.45) is 1.99. The number of amides is 1. The normalized spacial score (nSPS) is 11.0. The summed E-state index contributed by atoms with van der Waals surface area (Å²) in [6.45, 7) is 4.09. The summed E-state index contributed by atoms with van der Waals surface area (Å²) in [4.78, 5) is 36.5. The Morgan fingerprint density at radius 3 is 2.47 bits per heavy atom. The van der Waals surface area contributed by atoms with Crippen molar-refractivity contribution < 1.29 is 29.0 Å². The number of carbonyl (C=O) groups excluding carboxylic acids is 3. The van der Waals surface area contributed by atoms with Crippen molar-refractivity contribution in [1.29, 1.82) is 0 Å². The third kappa shape index (κ3) is 4.64. The van der Waals surface area contributed by atoms with E-state index >= 15 is 0 Å². The van der Waals surface area contributed by atoms with Gasteiger partial charge in [0, 0.05) is 29.8 Å². The Kier molecular flexibility index (Phi) is 6.94. The number of nitrogens with zero attached hydrogens (tertiary/aromatic N) is 1. The van der Waals surface area contributed by atoms with Crippen LogP contribution in [0.1, 0.15) is 28.5 Å². The maximum atomic E-state index is 12.6. The second-order valence-electron chi connectivity index (χ2n) is 6.95. The average molecular weight is 436 g/mol. The molecule has 0 spiro atoms. The van der Waals surface area contributed by atoms with E-state index in [9.17, 15) is 19.5 Å². The van der Waals surface area contributed by atoms with Crippen LogP contribution < -0.4 is 5.32 Å². The summed E-state index contributed by atoms with van der Waals surface area (Å²) < 4.78 is 11.6. The van der Waals surface area contributed by atoms with Gasteiger partial charge in [0.05, 0.1) is 30.5 Å². The van der Waals surface area contributed by atoms with Crippen LogP contribution in [0.25, 0.3) is 10.9 Å². The molecule has 0 fully saturated rings. The van der Waals surface area contributed by atoms with Crippen molar-refractivity contribution >= 4 is 34.4 Å². The van der Waals surface area contributed by atoms with Crippen LogP contribution in [0.5, 0.6) is 5.75 Å². The predicted octanol–water partition coefficient (Wildman–Crippen LogP) is 3.55. The standard InChI is InChI=1S/C24H24N2O6/c1-4-32-20(29)13-12-19(28)25-23-18(27)11-10-17-22(23)21(24(30)31-3)15(2)26(17)14-16-8-6-5-7-9-16/h5-13,27H,4,14H2,1-3H3,(H,25,28)/b13-12+. The lowest BCUT2D eigenvalue weighted by atomic mass is 10.1. The number of hydrogen-bond donors (Lipinski definition) is 2. The van der Waals surface area contributed by atoms with E-state index < -0.39 is 17.8 Å². The van der Waals surface area contributed by atoms with Gasteiger partial charge in [-0.2, -0.15) is 0 Å². The van der Waals surface area contributed by atoms with Gasteiger partial charge in [0.25, 0.3) is 0 Å². The molecule has 0 radical (unpaired) electrons. The van der Waals surface area contributed by atoms with Crippen LogP contribution in [0, 0.1) is 6.92 Å². The highest BCUT2D eigenvalue weighted by molar-refractivity contribution is 6.16. The van der Waals surface area contributed by atoms with Crippen molar-refractivity contribution in [2.45, 2.75) is 20.4 Å². The largest absolute Gasteiger partial charge is 0.506 e. The quantitative estimate of drug-likeness (QED) is 0.333. The number of phenolic OH excluding ortho intramolecular Hbond substituents is 1. The minimum Gasteiger partial charge on any atom is -0.506 e. The number of hydrogen-bond acceptors (Lipinski definition) is 6. The zero-order valence-corrected chi connectivity index (χ0v) is 18.0. The van der Waals surface area contributed by atoms with Crippen molar-refractivity contribution in [1.82, 2.24) is 4.57 Å². The van der Waals surface area contributed by atoms with Crippen molar-refractivity contribution in [3.8, 4) is 5.75 Å². The SMILES string of the molecule is CCOC(=O)/C=C/C(=O)Nc1c(O)ccc2c1c(C(=O)OC)c(C)n2Cc1ccccc1. The van der Waals surface area contributed by atoms with Crippen LogP contribution in [0.3, 0.4) is 0 Å². The Balaban J connectivity index is 2.12. The van der Waals surface area contributed by atoms with E-state index in [1.807, 2.05) is 34.9 Å². The number of anilines is 1. The third-order valence-corrected chi connectivity index (χ3v) is 4.95. The van der Waals surface area contributed by atoms with E-state index in [1.165, 1.54) is 13.2 Å². The molecule has 3 aromatic rings. The first-order chi connectivity index (χ1) is 15.4. The van der Waals surface area contributed by atoms with E-state index in [1.54, 1.807) is 19.9 Å². The van der Waals surface area contributed by atoms with Gasteiger partial charge in [0.15, 0.2) is 0 Å². The molecule has 2 N–H and O–H groups in total. The summed E-state index contributed by atoms with van der Waals surface area (Å²) in [5.74, 6) is -2.14. The molecule has 3 rings (SSSR count). The number of benzene rings is 2. The molecular formula is C24H24N2O6. The molecule has 32 heavy (non-hydrogen) atoms. The molecule has 0 saturated carbocycles. The Labute approximate surface area is 185 Å². The molecular weight excluding hydrogens is 412 g/mol. The average Bonchev–Trinajstić information content (AvgIpc) is 3.06. The number of aromatic hydroxyl groups is 1. The molecule has 1 aromatic heterocycles. The molecule has 0 unspecified atom stereocenters. The number of ether oxygens (including phenoxy) is 2. The number of phenols is 1. The van der Waals surface area contributed by atoms with Gasteiger partial charge in [-0.05, 0) is 31.5 Å². The van der Waals surface area contributed by atoms with E-state index in [4.69, 9.17) is 9.47 Å². The number of aromatic nitrogens is 1. The monoisotopic (exact) mass is 436 g/mol. The van der Waals surface area contributed by atoms with Crippen LogP contribution in [-0.2, 0) is 25.6 Å². The first kappa shape index (κ1) is 22.6. The fourth-order valence-corrected chi connectivity index (χ4v) is 3.50. The van der Waals surface area contributed by atoms with Gasteiger partial charge in [0.1, 0.15) is 5.75 Å². The van der Waals surface area contributed by atoms with Crippen LogP contribution in [0.15, 0.2) is 54.6 Å². The van der Waals surface area contributed by atoms with Gasteiger partial charge in [0.2, 0.25) is 5.91 Å². The smallest absolute Gasteiger partial charge is 0.340 e. The fourth-order valence-electron chi connectivity index (χ4n) is 3.50. The first-order valence-corrected chi connectivity index (χ1v) is 10.00. The van der Waals surface area contributed by atoms with Crippen LogP contribution in [0.2, 0.25) is 0 Å². The third-order valence-electron chi connectivity index (χ3n) is 4.95. The second-order valence-corrected chi connectivity index (χ2v) is 6.95. The zero-order chi connectivity index (χ0) is 23.3. The van der Waals surface area contributed by atoms with Gasteiger partial charge in [-0.3, -0.25) is 4.79 Å². The lowest BCUT2D eigenvalue weighted by Gasteiger charge is -2.10. The van der Waals surface area contributed by atoms with Gasteiger partial charge in [-0.15, -0.1) is 0 Å². The molecule has 166 valence electrons. The summed E-state index contributed by atoms with van der Waals surface area (Å²) in [6, 6.07) is 12.8. The highest BCUT2D eigenvalue weighted by Gasteiger charge is 2.25. The molecule has 0 saturated heterocycles. The minimum absolute atomic E-state index is 0.0521. The Morgan fingerprint density at radius 2 is 1.81 bits per heavy atom. The number of carbonyl (C=O) groups is 3. The minimum atomic E-state index is -0.662. The van der Waals surface area contributed by atoms with E-state index in [0.717, 1.165) is 17.7 Å². The first-order valence-electron chi connectivity index (χ1n) is 10.00. The maximum Gasteiger partial charge on any atom is 0.340 e. The van der Waals surface area contributed by atoms with Crippen molar-refractivity contribution in [2.24, 2.45) is 0 Å². The highest BCUT2D eigenvalue weighted by Crippen LogP contribution is 2.38. The Morgan fingerprint density at radius 1 is 1.09 bits per heavy atom. The van der Waals surface area contributed by atoms with Gasteiger partial charge in [-0.1, -0.05) is 30.3 Å². The number of methoxy groups -OCH3 is 1. The number of fused-ring (bicyclic) bond motifs is 1. The molecule has 0 atom stereocenters. The molecule has 0 aliphatic carbocycles. The fraction of sp³-hybridized carbons (Fsp3) is 0.208. The molecule has 0 aliphatic rings. The van der Waals surface area contributed by atoms with Gasteiger partial charge < -0.3 is 24.5 Å². The van der Waals surface area contributed by atoms with E-state index in [0.29, 0.717) is 23.1 Å². The topological polar surface area (TPSA) is 107 Å². The van der Waals surface area contributed by atoms with Crippen molar-refractivity contribution in [2.75, 3.05) is 19.0 Å². The Hall–Kier alpha value is -4.07. The lowest BCUT2D eigenvalue weighted by Crippen LogP contribution is -2.11. The van der Waals surface area contributed by atoms with Crippen LogP contribution in [0.4, 0.5) is 5.69 Å². The molecule has 1 heterocycles. The summed E-state index contributed by atoms with van der Waals surface area (Å²) in [5, 5.41) is 13.4. The molecule has 0 aliphatic heterocycles. The van der Waals surface area contributed by atoms with Crippen LogP contribution >= 0.6 is 0 Å². The van der Waals surface area contributed by atoms with E-state index in [2.05, 4.69) is 5.32 Å². The van der Waals surface area contributed by atoms with E-state index in [-0.39, 0.29) is 23.6 Å². The predicted molar refractivity (Wildman–Crippen MR) is 120 cm³/mol. The molecule has 0 bridgehead atoms. The number of rotatable bonds is 7. The van der Waals surface area contributed by atoms with Gasteiger partial charge in [-0.25, -0.2) is 9.59 Å². The summed E-state index contributed by atoms with van der Waals surface area (Å²) in [7, 11) is 1.27. The summed E-state index contributed by atoms with van der Waals surface area (Å²) >= 11 is 0. The molecule has 8 heteroatoms. The number of nitrogens with one attached hydrogen (secondary N) is 1. The molecule has 8 nitrogen and oxygen atoms in total. The van der Waals surface area contributed by atoms with Crippen molar-refractivity contribution in [3.05, 3.63) is 71.4 Å². The maximum absolute atomic E-state index is 12.6. The molecule has 2 aromatic carbocycles. The Bertz CT molecular complexity index is 1190.